The van der Waals surface area contributed by atoms with Gasteiger partial charge in [-0.3, -0.25) is 4.79 Å². The first-order valence-electron chi connectivity index (χ1n) is 9.95. The summed E-state index contributed by atoms with van der Waals surface area (Å²) in [5.41, 5.74) is 1.28. The van der Waals surface area contributed by atoms with Crippen molar-refractivity contribution in [3.63, 3.8) is 0 Å². The van der Waals surface area contributed by atoms with Crippen LogP contribution in [0.4, 0.5) is 0 Å². The summed E-state index contributed by atoms with van der Waals surface area (Å²) in [5.74, 6) is 0.0903. The highest BCUT2D eigenvalue weighted by Gasteiger charge is 2.31. The summed E-state index contributed by atoms with van der Waals surface area (Å²) in [6.45, 7) is 4.06. The molecule has 2 aliphatic rings. The minimum absolute atomic E-state index is 0.0903. The highest BCUT2D eigenvalue weighted by molar-refractivity contribution is 7.91. The van der Waals surface area contributed by atoms with Gasteiger partial charge in [-0.25, -0.2) is 8.42 Å². The molecular formula is C20H26N2O3S3. The van der Waals surface area contributed by atoms with Crippen LogP contribution >= 0.6 is 22.7 Å². The maximum atomic E-state index is 13.0. The molecule has 0 saturated carbocycles. The van der Waals surface area contributed by atoms with Gasteiger partial charge < -0.3 is 4.90 Å². The monoisotopic (exact) mass is 438 g/mol. The van der Waals surface area contributed by atoms with E-state index in [2.05, 4.69) is 18.4 Å². The van der Waals surface area contributed by atoms with Crippen molar-refractivity contribution in [2.45, 2.75) is 55.7 Å². The lowest BCUT2D eigenvalue weighted by Gasteiger charge is -2.35. The molecule has 0 bridgehead atoms. The molecule has 28 heavy (non-hydrogen) atoms. The second-order valence-corrected chi connectivity index (χ2v) is 11.8. The fourth-order valence-corrected chi connectivity index (χ4v) is 8.16. The molecule has 4 rings (SSSR count). The molecule has 0 radical (unpaired) electrons. The molecule has 1 saturated heterocycles. The van der Waals surface area contributed by atoms with Gasteiger partial charge in [0.1, 0.15) is 4.21 Å². The summed E-state index contributed by atoms with van der Waals surface area (Å²) >= 11 is 3.02. The molecule has 1 atom stereocenters. The van der Waals surface area contributed by atoms with E-state index in [0.717, 1.165) is 43.5 Å². The molecule has 1 fully saturated rings. The van der Waals surface area contributed by atoms with Crippen molar-refractivity contribution in [2.75, 3.05) is 19.6 Å². The summed E-state index contributed by atoms with van der Waals surface area (Å²) < 4.78 is 27.6. The Morgan fingerprint density at radius 3 is 2.68 bits per heavy atom. The zero-order chi connectivity index (χ0) is 19.7. The number of sulfonamides is 1. The van der Waals surface area contributed by atoms with Crippen LogP contribution in [-0.2, 0) is 27.7 Å². The number of piperidine rings is 1. The normalized spacial score (nSPS) is 20.9. The number of fused-ring (bicyclic) bond motifs is 1. The van der Waals surface area contributed by atoms with Crippen LogP contribution in [0.25, 0.3) is 0 Å². The number of hydrogen-bond donors (Lipinski definition) is 0. The fraction of sp³-hybridized carbons (Fsp3) is 0.550. The lowest BCUT2D eigenvalue weighted by atomic mass is 9.97. The Balaban J connectivity index is 1.47. The molecule has 5 nitrogen and oxygen atoms in total. The average Bonchev–Trinajstić information content (AvgIpc) is 3.37. The summed E-state index contributed by atoms with van der Waals surface area (Å²) in [5, 5.41) is 2.11. The first kappa shape index (κ1) is 20.1. The number of nitrogens with zero attached hydrogens (tertiary/aromatic N) is 2. The molecule has 152 valence electrons. The molecule has 1 unspecified atom stereocenters. The SMILES string of the molecule is CCC1c2ccsc2CCN1C(=O)Cc1ccc(S(=O)(=O)N2CCCCC2)s1. The van der Waals surface area contributed by atoms with E-state index in [1.165, 1.54) is 21.8 Å². The Hall–Kier alpha value is -1.22. The number of hydrogen-bond acceptors (Lipinski definition) is 5. The Morgan fingerprint density at radius 1 is 1.14 bits per heavy atom. The van der Waals surface area contributed by atoms with Crippen molar-refractivity contribution in [3.05, 3.63) is 38.9 Å². The molecule has 0 N–H and O–H groups in total. The zero-order valence-electron chi connectivity index (χ0n) is 16.1. The van der Waals surface area contributed by atoms with Gasteiger partial charge in [0.05, 0.1) is 12.5 Å². The average molecular weight is 439 g/mol. The van der Waals surface area contributed by atoms with Crippen LogP contribution < -0.4 is 0 Å². The van der Waals surface area contributed by atoms with E-state index in [4.69, 9.17) is 0 Å². The van der Waals surface area contributed by atoms with Crippen molar-refractivity contribution in [1.82, 2.24) is 9.21 Å². The van der Waals surface area contributed by atoms with Gasteiger partial charge in [-0.2, -0.15) is 4.31 Å². The van der Waals surface area contributed by atoms with E-state index >= 15 is 0 Å². The van der Waals surface area contributed by atoms with Crippen molar-refractivity contribution >= 4 is 38.6 Å². The van der Waals surface area contributed by atoms with Crippen molar-refractivity contribution in [3.8, 4) is 0 Å². The maximum absolute atomic E-state index is 13.0. The van der Waals surface area contributed by atoms with Crippen LogP contribution in [0.3, 0.4) is 0 Å². The van der Waals surface area contributed by atoms with Crippen LogP contribution in [0.1, 0.15) is 54.0 Å². The minimum Gasteiger partial charge on any atom is -0.335 e. The minimum atomic E-state index is -3.42. The Labute approximate surface area is 175 Å². The molecule has 0 aliphatic carbocycles. The summed E-state index contributed by atoms with van der Waals surface area (Å²) in [6.07, 6.45) is 5.02. The number of rotatable bonds is 5. The van der Waals surface area contributed by atoms with E-state index < -0.39 is 10.0 Å². The first-order chi connectivity index (χ1) is 13.5. The Morgan fingerprint density at radius 2 is 1.93 bits per heavy atom. The van der Waals surface area contributed by atoms with E-state index in [1.807, 2.05) is 4.90 Å². The van der Waals surface area contributed by atoms with Gasteiger partial charge in [-0.1, -0.05) is 13.3 Å². The lowest BCUT2D eigenvalue weighted by molar-refractivity contribution is -0.133. The van der Waals surface area contributed by atoms with Crippen LogP contribution in [-0.4, -0.2) is 43.2 Å². The standard InChI is InChI=1S/C20H26N2O3S3/c1-2-17-16-9-13-26-18(16)8-12-22(17)19(23)14-15-6-7-20(27-15)28(24,25)21-10-4-3-5-11-21/h6-7,9,13,17H,2-5,8,10-12,14H2,1H3. The molecule has 2 aromatic heterocycles. The molecule has 8 heteroatoms. The molecule has 2 aliphatic heterocycles. The van der Waals surface area contributed by atoms with E-state index in [-0.39, 0.29) is 18.4 Å². The molecule has 0 spiro atoms. The highest BCUT2D eigenvalue weighted by Crippen LogP contribution is 2.36. The van der Waals surface area contributed by atoms with Gasteiger partial charge in [-0.15, -0.1) is 22.7 Å². The van der Waals surface area contributed by atoms with Crippen LogP contribution in [0.5, 0.6) is 0 Å². The number of carbonyl (C=O) groups excluding carboxylic acids is 1. The molecule has 4 heterocycles. The van der Waals surface area contributed by atoms with Crippen molar-refractivity contribution in [1.29, 1.82) is 0 Å². The summed E-state index contributed by atoms with van der Waals surface area (Å²) in [4.78, 5) is 17.2. The zero-order valence-corrected chi connectivity index (χ0v) is 18.5. The second-order valence-electron chi connectivity index (χ2n) is 7.42. The third kappa shape index (κ3) is 3.79. The van der Waals surface area contributed by atoms with Crippen molar-refractivity contribution in [2.24, 2.45) is 0 Å². The van der Waals surface area contributed by atoms with Gasteiger partial charge in [0.2, 0.25) is 5.91 Å². The van der Waals surface area contributed by atoms with Crippen LogP contribution in [0, 0.1) is 0 Å². The number of carbonyl (C=O) groups is 1. The Kier molecular flexibility index (Phi) is 5.92. The van der Waals surface area contributed by atoms with Crippen molar-refractivity contribution < 1.29 is 13.2 Å². The third-order valence-corrected chi connectivity index (χ3v) is 10.1. The van der Waals surface area contributed by atoms with Gasteiger partial charge in [0, 0.05) is 29.4 Å². The van der Waals surface area contributed by atoms with Crippen LogP contribution in [0.15, 0.2) is 27.8 Å². The van der Waals surface area contributed by atoms with Crippen LogP contribution in [0.2, 0.25) is 0 Å². The van der Waals surface area contributed by atoms with E-state index in [9.17, 15) is 13.2 Å². The van der Waals surface area contributed by atoms with Gasteiger partial charge >= 0.3 is 0 Å². The second kappa shape index (κ2) is 8.26. The largest absolute Gasteiger partial charge is 0.335 e. The fourth-order valence-electron chi connectivity index (χ4n) is 4.21. The highest BCUT2D eigenvalue weighted by atomic mass is 32.2. The molecule has 2 aromatic rings. The topological polar surface area (TPSA) is 57.7 Å². The maximum Gasteiger partial charge on any atom is 0.252 e. The predicted molar refractivity (Wildman–Crippen MR) is 113 cm³/mol. The molecular weight excluding hydrogens is 412 g/mol. The molecule has 0 aromatic carbocycles. The predicted octanol–water partition coefficient (Wildman–Crippen LogP) is 4.06. The Bertz CT molecular complexity index is 942. The van der Waals surface area contributed by atoms with Gasteiger partial charge in [0.25, 0.3) is 10.0 Å². The molecule has 1 amide bonds. The summed E-state index contributed by atoms with van der Waals surface area (Å²) in [7, 11) is -3.42. The van der Waals surface area contributed by atoms with Gasteiger partial charge in [-0.05, 0) is 54.8 Å². The van der Waals surface area contributed by atoms with E-state index in [1.54, 1.807) is 27.8 Å². The van der Waals surface area contributed by atoms with Gasteiger partial charge in [0.15, 0.2) is 0 Å². The lowest BCUT2D eigenvalue weighted by Crippen LogP contribution is -2.40. The summed E-state index contributed by atoms with van der Waals surface area (Å²) in [6, 6.07) is 5.75. The first-order valence-corrected chi connectivity index (χ1v) is 13.1. The smallest absolute Gasteiger partial charge is 0.252 e. The number of thiophene rings is 2. The van der Waals surface area contributed by atoms with E-state index in [0.29, 0.717) is 17.3 Å². The third-order valence-electron chi connectivity index (χ3n) is 5.67. The number of amides is 1. The quantitative estimate of drug-likeness (QED) is 0.707.